The minimum atomic E-state index is -0.0186. The molecule has 0 radical (unpaired) electrons. The number of carbonyl (C=O) groups is 1. The van der Waals surface area contributed by atoms with Crippen molar-refractivity contribution in [2.24, 2.45) is 13.0 Å². The molecule has 2 aliphatic heterocycles. The molecular formula is C16H27N5OS. The number of carbonyl (C=O) groups excluding carboxylic acids is 1. The van der Waals surface area contributed by atoms with Crippen LogP contribution in [0, 0.1) is 12.8 Å². The molecule has 0 spiro atoms. The molecule has 2 saturated heterocycles. The number of piperidine rings is 1. The lowest BCUT2D eigenvalue weighted by molar-refractivity contribution is 0.233. The van der Waals surface area contributed by atoms with Crippen molar-refractivity contribution >= 4 is 23.6 Å². The van der Waals surface area contributed by atoms with Gasteiger partial charge in [-0.25, -0.2) is 4.79 Å². The van der Waals surface area contributed by atoms with Crippen LogP contribution in [0.1, 0.15) is 25.0 Å². The van der Waals surface area contributed by atoms with E-state index in [9.17, 15) is 4.79 Å². The Morgan fingerprint density at radius 1 is 1.48 bits per heavy atom. The summed E-state index contributed by atoms with van der Waals surface area (Å²) in [5.41, 5.74) is 1.03. The summed E-state index contributed by atoms with van der Waals surface area (Å²) in [6.07, 6.45) is 3.36. The average Bonchev–Trinajstić information content (AvgIpc) is 3.15. The lowest BCUT2D eigenvalue weighted by Gasteiger charge is -2.34. The van der Waals surface area contributed by atoms with Gasteiger partial charge < -0.3 is 15.5 Å². The normalized spacial score (nSPS) is 24.7. The third kappa shape index (κ3) is 4.34. The fourth-order valence-electron chi connectivity index (χ4n) is 3.41. The smallest absolute Gasteiger partial charge is 0.315 e. The third-order valence-corrected chi connectivity index (χ3v) is 5.86. The number of nitrogens with one attached hydrogen (secondary N) is 2. The first-order chi connectivity index (χ1) is 11.1. The number of urea groups is 1. The largest absolute Gasteiger partial charge is 0.355 e. The van der Waals surface area contributed by atoms with Crippen molar-refractivity contribution in [3.8, 4) is 0 Å². The number of aryl methyl sites for hydroxylation is 2. The Balaban J connectivity index is 1.48. The molecular weight excluding hydrogens is 310 g/mol. The van der Waals surface area contributed by atoms with Gasteiger partial charge in [-0.2, -0.15) is 16.9 Å². The van der Waals surface area contributed by atoms with Crippen LogP contribution in [0.2, 0.25) is 0 Å². The predicted molar refractivity (Wildman–Crippen MR) is 95.1 cm³/mol. The molecule has 7 heteroatoms. The molecule has 0 aliphatic carbocycles. The summed E-state index contributed by atoms with van der Waals surface area (Å²) in [5, 5.41) is 10.6. The van der Waals surface area contributed by atoms with Crippen molar-refractivity contribution in [3.05, 3.63) is 11.8 Å². The van der Waals surface area contributed by atoms with Crippen LogP contribution in [0.5, 0.6) is 0 Å². The summed E-state index contributed by atoms with van der Waals surface area (Å²) in [6, 6.07) is 2.30. The Bertz CT molecular complexity index is 541. The van der Waals surface area contributed by atoms with Crippen molar-refractivity contribution in [1.29, 1.82) is 0 Å². The second-order valence-corrected chi connectivity index (χ2v) is 7.79. The van der Waals surface area contributed by atoms with Gasteiger partial charge in [0.15, 0.2) is 0 Å². The summed E-state index contributed by atoms with van der Waals surface area (Å²) in [5.74, 6) is 4.19. The lowest BCUT2D eigenvalue weighted by Crippen LogP contribution is -2.51. The van der Waals surface area contributed by atoms with Crippen LogP contribution in [0.15, 0.2) is 6.07 Å². The first kappa shape index (κ1) is 16.5. The van der Waals surface area contributed by atoms with E-state index in [2.05, 4.69) is 26.7 Å². The van der Waals surface area contributed by atoms with E-state index in [1.807, 2.05) is 30.4 Å². The van der Waals surface area contributed by atoms with Gasteiger partial charge in [0.25, 0.3) is 0 Å². The first-order valence-electron chi connectivity index (χ1n) is 8.49. The fourth-order valence-corrected chi connectivity index (χ4v) is 4.70. The van der Waals surface area contributed by atoms with E-state index in [-0.39, 0.29) is 12.1 Å². The van der Waals surface area contributed by atoms with E-state index in [1.54, 1.807) is 0 Å². The highest BCUT2D eigenvalue weighted by atomic mass is 32.2. The SMILES string of the molecule is Cc1cc(N2CCC[C@@H](NC(=O)NC[C@@H]3CCSC3)C2)n(C)n1. The monoisotopic (exact) mass is 337 g/mol. The van der Waals surface area contributed by atoms with Gasteiger partial charge in [0.1, 0.15) is 5.82 Å². The number of rotatable bonds is 4. The highest BCUT2D eigenvalue weighted by molar-refractivity contribution is 7.99. The summed E-state index contributed by atoms with van der Waals surface area (Å²) >= 11 is 1.98. The van der Waals surface area contributed by atoms with Gasteiger partial charge in [-0.3, -0.25) is 4.68 Å². The van der Waals surface area contributed by atoms with Crippen LogP contribution in [-0.2, 0) is 7.05 Å². The Hall–Kier alpha value is -1.37. The molecule has 0 saturated carbocycles. The number of nitrogens with zero attached hydrogens (tertiary/aromatic N) is 3. The van der Waals surface area contributed by atoms with Crippen molar-refractivity contribution < 1.29 is 4.79 Å². The van der Waals surface area contributed by atoms with E-state index in [4.69, 9.17) is 0 Å². The van der Waals surface area contributed by atoms with Gasteiger partial charge in [-0.1, -0.05) is 0 Å². The summed E-state index contributed by atoms with van der Waals surface area (Å²) in [4.78, 5) is 14.4. The van der Waals surface area contributed by atoms with Gasteiger partial charge in [-0.05, 0) is 43.6 Å². The number of hydrogen-bond donors (Lipinski definition) is 2. The van der Waals surface area contributed by atoms with Crippen LogP contribution in [0.3, 0.4) is 0 Å². The first-order valence-corrected chi connectivity index (χ1v) is 9.65. The molecule has 128 valence electrons. The third-order valence-electron chi connectivity index (χ3n) is 4.63. The number of thioether (sulfide) groups is 1. The standard InChI is InChI=1S/C16H27N5OS/c1-12-8-15(20(2)19-12)21-6-3-4-14(10-21)18-16(22)17-9-13-5-7-23-11-13/h8,13-14H,3-7,9-11H2,1-2H3,(H2,17,18,22)/t13-,14+/m0/s1. The lowest BCUT2D eigenvalue weighted by atomic mass is 10.1. The molecule has 0 unspecified atom stereocenters. The molecule has 2 N–H and O–H groups in total. The van der Waals surface area contributed by atoms with Crippen molar-refractivity contribution in [3.63, 3.8) is 0 Å². The van der Waals surface area contributed by atoms with E-state index < -0.39 is 0 Å². The number of amides is 2. The zero-order valence-corrected chi connectivity index (χ0v) is 14.9. The molecule has 2 fully saturated rings. The Morgan fingerprint density at radius 2 is 2.35 bits per heavy atom. The fraction of sp³-hybridized carbons (Fsp3) is 0.750. The molecule has 23 heavy (non-hydrogen) atoms. The van der Waals surface area contributed by atoms with Gasteiger partial charge in [0, 0.05) is 38.8 Å². The van der Waals surface area contributed by atoms with Crippen LogP contribution in [0.4, 0.5) is 10.6 Å². The van der Waals surface area contributed by atoms with Gasteiger partial charge >= 0.3 is 6.03 Å². The second kappa shape index (κ2) is 7.47. The predicted octanol–water partition coefficient (Wildman–Crippen LogP) is 1.75. The Kier molecular flexibility index (Phi) is 5.35. The number of aromatic nitrogens is 2. The van der Waals surface area contributed by atoms with Crippen molar-refractivity contribution in [1.82, 2.24) is 20.4 Å². The maximum atomic E-state index is 12.1. The zero-order chi connectivity index (χ0) is 16.2. The topological polar surface area (TPSA) is 62.2 Å². The molecule has 6 nitrogen and oxygen atoms in total. The van der Waals surface area contributed by atoms with E-state index >= 15 is 0 Å². The maximum Gasteiger partial charge on any atom is 0.315 e. The molecule has 3 heterocycles. The average molecular weight is 337 g/mol. The van der Waals surface area contributed by atoms with Crippen LogP contribution < -0.4 is 15.5 Å². The molecule has 2 aliphatic rings. The highest BCUT2D eigenvalue weighted by Crippen LogP contribution is 2.22. The van der Waals surface area contributed by atoms with Gasteiger partial charge in [0.05, 0.1) is 5.69 Å². The summed E-state index contributed by atoms with van der Waals surface area (Å²) in [6.45, 7) is 4.69. The minimum absolute atomic E-state index is 0.0186. The summed E-state index contributed by atoms with van der Waals surface area (Å²) in [7, 11) is 1.98. The maximum absolute atomic E-state index is 12.1. The van der Waals surface area contributed by atoms with Crippen LogP contribution >= 0.6 is 11.8 Å². The van der Waals surface area contributed by atoms with E-state index in [0.717, 1.165) is 44.0 Å². The zero-order valence-electron chi connectivity index (χ0n) is 14.0. The molecule has 3 rings (SSSR count). The summed E-state index contributed by atoms with van der Waals surface area (Å²) < 4.78 is 1.93. The highest BCUT2D eigenvalue weighted by Gasteiger charge is 2.24. The quantitative estimate of drug-likeness (QED) is 0.879. The van der Waals surface area contributed by atoms with E-state index in [0.29, 0.717) is 5.92 Å². The second-order valence-electron chi connectivity index (χ2n) is 6.64. The molecule has 2 amide bonds. The van der Waals surface area contributed by atoms with Gasteiger partial charge in [0.2, 0.25) is 0 Å². The van der Waals surface area contributed by atoms with E-state index in [1.165, 1.54) is 17.9 Å². The Labute approximate surface area is 142 Å². The number of anilines is 1. The van der Waals surface area contributed by atoms with Crippen molar-refractivity contribution in [2.45, 2.75) is 32.2 Å². The molecule has 1 aromatic heterocycles. The molecule has 0 aromatic carbocycles. The molecule has 2 atom stereocenters. The minimum Gasteiger partial charge on any atom is -0.355 e. The van der Waals surface area contributed by atoms with Gasteiger partial charge in [-0.15, -0.1) is 0 Å². The Morgan fingerprint density at radius 3 is 3.04 bits per heavy atom. The molecule has 1 aromatic rings. The van der Waals surface area contributed by atoms with Crippen LogP contribution in [0.25, 0.3) is 0 Å². The molecule has 0 bridgehead atoms. The van der Waals surface area contributed by atoms with Crippen molar-refractivity contribution in [2.75, 3.05) is 36.0 Å². The number of hydrogen-bond acceptors (Lipinski definition) is 4. The van der Waals surface area contributed by atoms with Crippen LogP contribution in [-0.4, -0.2) is 53.0 Å².